The van der Waals surface area contributed by atoms with Gasteiger partial charge in [-0.25, -0.2) is 0 Å². The molecule has 1 atom stereocenters. The summed E-state index contributed by atoms with van der Waals surface area (Å²) in [6, 6.07) is 6.87. The van der Waals surface area contributed by atoms with Crippen LogP contribution in [-0.2, 0) is 11.3 Å². The summed E-state index contributed by atoms with van der Waals surface area (Å²) in [5.41, 5.74) is 2.77. The molecule has 7 heteroatoms. The van der Waals surface area contributed by atoms with Crippen molar-refractivity contribution in [2.45, 2.75) is 25.2 Å². The highest BCUT2D eigenvalue weighted by atomic mass is 79.9. The number of nitrogens with one attached hydrogen (secondary N) is 1. The number of rotatable bonds is 3. The first-order valence-electron chi connectivity index (χ1n) is 5.03. The van der Waals surface area contributed by atoms with E-state index in [1.165, 1.54) is 0 Å². The zero-order valence-electron chi connectivity index (χ0n) is 9.51. The van der Waals surface area contributed by atoms with Gasteiger partial charge in [-0.15, -0.1) is 0 Å². The number of benzene rings is 1. The number of halogens is 4. The van der Waals surface area contributed by atoms with Crippen molar-refractivity contribution >= 4 is 21.8 Å². The minimum atomic E-state index is -4.78. The lowest BCUT2D eigenvalue weighted by atomic mass is 10.0. The molecule has 1 rings (SSSR count). The van der Waals surface area contributed by atoms with Gasteiger partial charge in [0.1, 0.15) is 0 Å². The van der Waals surface area contributed by atoms with Crippen LogP contribution in [0.4, 0.5) is 13.2 Å². The molecule has 0 fully saturated rings. The summed E-state index contributed by atoms with van der Waals surface area (Å²) < 4.78 is 38.2. The van der Waals surface area contributed by atoms with Gasteiger partial charge in [-0.05, 0) is 24.6 Å². The predicted octanol–water partition coefficient (Wildman–Crippen LogP) is 2.34. The molecule has 0 aliphatic carbocycles. The molecular formula is C11H12BrF3N2O. The normalized spacial score (nSPS) is 15.0. The van der Waals surface area contributed by atoms with Gasteiger partial charge in [-0.3, -0.25) is 4.79 Å². The first-order chi connectivity index (χ1) is 8.14. The second-order valence-corrected chi connectivity index (χ2v) is 4.93. The quantitative estimate of drug-likeness (QED) is 0.896. The largest absolute Gasteiger partial charge is 0.415 e. The Morgan fingerprint density at radius 2 is 2.06 bits per heavy atom. The highest BCUT2D eigenvalue weighted by Gasteiger charge is 2.53. The number of amides is 1. The molecule has 18 heavy (non-hydrogen) atoms. The van der Waals surface area contributed by atoms with E-state index >= 15 is 0 Å². The van der Waals surface area contributed by atoms with Crippen molar-refractivity contribution in [2.24, 2.45) is 5.73 Å². The summed E-state index contributed by atoms with van der Waals surface area (Å²) in [6.45, 7) is 0.629. The van der Waals surface area contributed by atoms with E-state index in [1.54, 1.807) is 24.3 Å². The molecule has 1 aromatic rings. The van der Waals surface area contributed by atoms with Crippen molar-refractivity contribution in [2.75, 3.05) is 0 Å². The van der Waals surface area contributed by atoms with Crippen LogP contribution in [0.1, 0.15) is 12.5 Å². The average molecular weight is 325 g/mol. The minimum absolute atomic E-state index is 0.0128. The molecule has 3 nitrogen and oxygen atoms in total. The van der Waals surface area contributed by atoms with E-state index in [0.717, 1.165) is 4.47 Å². The molecule has 0 aromatic heterocycles. The van der Waals surface area contributed by atoms with E-state index in [9.17, 15) is 18.0 Å². The maximum Gasteiger partial charge on any atom is 0.415 e. The van der Waals surface area contributed by atoms with Crippen molar-refractivity contribution in [3.63, 3.8) is 0 Å². The van der Waals surface area contributed by atoms with Gasteiger partial charge in [0.25, 0.3) is 0 Å². The topological polar surface area (TPSA) is 55.1 Å². The summed E-state index contributed by atoms with van der Waals surface area (Å²) in [4.78, 5) is 11.4. The summed E-state index contributed by atoms with van der Waals surface area (Å²) in [5, 5.41) is 2.17. The van der Waals surface area contributed by atoms with E-state index in [-0.39, 0.29) is 6.54 Å². The van der Waals surface area contributed by atoms with Crippen LogP contribution in [0.3, 0.4) is 0 Å². The number of alkyl halides is 3. The Morgan fingerprint density at radius 3 is 2.56 bits per heavy atom. The van der Waals surface area contributed by atoms with Gasteiger partial charge in [-0.1, -0.05) is 28.1 Å². The van der Waals surface area contributed by atoms with E-state index in [0.29, 0.717) is 12.5 Å². The summed E-state index contributed by atoms with van der Waals surface area (Å²) >= 11 is 3.22. The second-order valence-electron chi connectivity index (χ2n) is 4.01. The Hall–Kier alpha value is -1.08. The van der Waals surface area contributed by atoms with Crippen LogP contribution in [0.15, 0.2) is 28.7 Å². The van der Waals surface area contributed by atoms with Crippen molar-refractivity contribution in [1.82, 2.24) is 5.32 Å². The molecular weight excluding hydrogens is 313 g/mol. The lowest BCUT2D eigenvalue weighted by molar-refractivity contribution is -0.187. The van der Waals surface area contributed by atoms with Gasteiger partial charge in [-0.2, -0.15) is 13.2 Å². The van der Waals surface area contributed by atoms with E-state index in [1.807, 2.05) is 0 Å². The highest BCUT2D eigenvalue weighted by molar-refractivity contribution is 9.10. The third-order valence-electron chi connectivity index (χ3n) is 2.40. The lowest BCUT2D eigenvalue weighted by Gasteiger charge is -2.26. The second kappa shape index (κ2) is 5.27. The number of carbonyl (C=O) groups excluding carboxylic acids is 1. The molecule has 0 saturated heterocycles. The SMILES string of the molecule is CC(N)(C(=O)NCc1cccc(Br)c1)C(F)(F)F. The molecule has 1 aromatic carbocycles. The Balaban J connectivity index is 2.67. The first kappa shape index (κ1) is 15.0. The third kappa shape index (κ3) is 3.46. The molecule has 0 radical (unpaired) electrons. The molecule has 0 spiro atoms. The molecule has 1 amide bonds. The van der Waals surface area contributed by atoms with Crippen LogP contribution >= 0.6 is 15.9 Å². The summed E-state index contributed by atoms with van der Waals surface area (Å²) in [6.07, 6.45) is -4.78. The number of nitrogens with two attached hydrogens (primary N) is 1. The molecule has 0 heterocycles. The maximum absolute atomic E-state index is 12.5. The maximum atomic E-state index is 12.5. The molecule has 0 aliphatic rings. The van der Waals surface area contributed by atoms with Crippen molar-refractivity contribution < 1.29 is 18.0 Å². The number of carbonyl (C=O) groups is 1. The molecule has 3 N–H and O–H groups in total. The van der Waals surface area contributed by atoms with Crippen molar-refractivity contribution in [1.29, 1.82) is 0 Å². The molecule has 0 bridgehead atoms. The van der Waals surface area contributed by atoms with Crippen LogP contribution in [0.25, 0.3) is 0 Å². The van der Waals surface area contributed by atoms with Gasteiger partial charge in [0.2, 0.25) is 5.91 Å². The van der Waals surface area contributed by atoms with Crippen LogP contribution in [0.2, 0.25) is 0 Å². The fourth-order valence-electron chi connectivity index (χ4n) is 1.14. The molecule has 0 aliphatic heterocycles. The van der Waals surface area contributed by atoms with Crippen LogP contribution in [-0.4, -0.2) is 17.6 Å². The van der Waals surface area contributed by atoms with Gasteiger partial charge in [0.05, 0.1) is 0 Å². The predicted molar refractivity (Wildman–Crippen MR) is 64.6 cm³/mol. The van der Waals surface area contributed by atoms with Crippen molar-refractivity contribution in [3.05, 3.63) is 34.3 Å². The van der Waals surface area contributed by atoms with Gasteiger partial charge in [0, 0.05) is 11.0 Å². The zero-order chi connectivity index (χ0) is 14.0. The number of hydrogen-bond donors (Lipinski definition) is 2. The fraction of sp³-hybridized carbons (Fsp3) is 0.364. The minimum Gasteiger partial charge on any atom is -0.350 e. The summed E-state index contributed by atoms with van der Waals surface area (Å²) in [7, 11) is 0. The molecule has 100 valence electrons. The Kier molecular flexibility index (Phi) is 4.39. The van der Waals surface area contributed by atoms with Gasteiger partial charge in [0.15, 0.2) is 5.54 Å². The van der Waals surface area contributed by atoms with E-state index < -0.39 is 17.6 Å². The average Bonchev–Trinajstić information content (AvgIpc) is 2.24. The monoisotopic (exact) mass is 324 g/mol. The molecule has 0 saturated carbocycles. The lowest BCUT2D eigenvalue weighted by Crippen LogP contribution is -2.61. The van der Waals surface area contributed by atoms with Gasteiger partial charge >= 0.3 is 6.18 Å². The molecule has 1 unspecified atom stereocenters. The number of hydrogen-bond acceptors (Lipinski definition) is 2. The first-order valence-corrected chi connectivity index (χ1v) is 5.82. The Bertz CT molecular complexity index is 446. The van der Waals surface area contributed by atoms with Crippen LogP contribution in [0, 0.1) is 0 Å². The Labute approximate surface area is 111 Å². The fourth-order valence-corrected chi connectivity index (χ4v) is 1.59. The highest BCUT2D eigenvalue weighted by Crippen LogP contribution is 2.28. The smallest absolute Gasteiger partial charge is 0.350 e. The van der Waals surface area contributed by atoms with E-state index in [4.69, 9.17) is 5.73 Å². The summed E-state index contributed by atoms with van der Waals surface area (Å²) in [5.74, 6) is -1.25. The van der Waals surface area contributed by atoms with Crippen LogP contribution < -0.4 is 11.1 Å². The Morgan fingerprint density at radius 1 is 1.44 bits per heavy atom. The van der Waals surface area contributed by atoms with Crippen LogP contribution in [0.5, 0.6) is 0 Å². The van der Waals surface area contributed by atoms with Gasteiger partial charge < -0.3 is 11.1 Å². The van der Waals surface area contributed by atoms with E-state index in [2.05, 4.69) is 21.2 Å². The standard InChI is InChI=1S/C11H12BrF3N2O/c1-10(16,11(13,14)15)9(18)17-6-7-3-2-4-8(12)5-7/h2-5H,6,16H2,1H3,(H,17,18). The third-order valence-corrected chi connectivity index (χ3v) is 2.90. The van der Waals surface area contributed by atoms with Crippen molar-refractivity contribution in [3.8, 4) is 0 Å². The zero-order valence-corrected chi connectivity index (χ0v) is 11.1.